The zero-order chi connectivity index (χ0) is 16.6. The lowest BCUT2D eigenvalue weighted by atomic mass is 10.2. The molecule has 0 saturated carbocycles. The van der Waals surface area contributed by atoms with Crippen molar-refractivity contribution in [3.63, 3.8) is 0 Å². The largest absolute Gasteiger partial charge is 0.351 e. The zero-order valence-electron chi connectivity index (χ0n) is 13.1. The third-order valence-corrected chi connectivity index (χ3v) is 5.33. The van der Waals surface area contributed by atoms with Crippen LogP contribution in [0.5, 0.6) is 0 Å². The molecule has 0 aliphatic rings. The highest BCUT2D eigenvalue weighted by Crippen LogP contribution is 2.23. The fourth-order valence-electron chi connectivity index (χ4n) is 2.23. The first kappa shape index (κ1) is 16.7. The van der Waals surface area contributed by atoms with E-state index in [-0.39, 0.29) is 5.91 Å². The highest BCUT2D eigenvalue weighted by molar-refractivity contribution is 7.99. The Morgan fingerprint density at radius 2 is 1.96 bits per heavy atom. The highest BCUT2D eigenvalue weighted by Gasteiger charge is 2.05. The van der Waals surface area contributed by atoms with Crippen molar-refractivity contribution in [2.75, 3.05) is 5.75 Å². The molecular formula is C19H18N2OS2. The Hall–Kier alpha value is -2.11. The molecular weight excluding hydrogens is 336 g/mol. The molecule has 24 heavy (non-hydrogen) atoms. The van der Waals surface area contributed by atoms with Crippen LogP contribution in [0, 0.1) is 0 Å². The lowest BCUT2D eigenvalue weighted by Crippen LogP contribution is -2.24. The number of rotatable bonds is 7. The zero-order valence-corrected chi connectivity index (χ0v) is 14.8. The van der Waals surface area contributed by atoms with E-state index in [1.165, 1.54) is 5.56 Å². The molecule has 3 rings (SSSR count). The van der Waals surface area contributed by atoms with E-state index in [1.54, 1.807) is 29.3 Å². The van der Waals surface area contributed by atoms with Crippen LogP contribution in [-0.2, 0) is 17.1 Å². The normalized spacial score (nSPS) is 10.5. The number of amides is 1. The first-order valence-corrected chi connectivity index (χ1v) is 9.72. The van der Waals surface area contributed by atoms with Crippen molar-refractivity contribution in [2.45, 2.75) is 12.3 Å². The van der Waals surface area contributed by atoms with Crippen LogP contribution < -0.4 is 5.32 Å². The van der Waals surface area contributed by atoms with Crippen molar-refractivity contribution in [2.24, 2.45) is 0 Å². The average Bonchev–Trinajstić information content (AvgIpc) is 3.16. The van der Waals surface area contributed by atoms with Gasteiger partial charge in [0.05, 0.1) is 16.3 Å². The van der Waals surface area contributed by atoms with E-state index in [1.807, 2.05) is 41.8 Å². The van der Waals surface area contributed by atoms with Gasteiger partial charge < -0.3 is 5.32 Å². The van der Waals surface area contributed by atoms with Gasteiger partial charge in [-0.2, -0.15) is 0 Å². The van der Waals surface area contributed by atoms with Gasteiger partial charge in [-0.15, -0.1) is 23.1 Å². The second kappa shape index (κ2) is 8.66. The highest BCUT2D eigenvalue weighted by atomic mass is 32.2. The standard InChI is InChI=1S/C19H18N2OS2/c22-19(14-23-13-15-5-2-1-3-6-15)21-12-16-8-9-20-17(11-16)18-7-4-10-24-18/h1-11H,12-14H2,(H,21,22). The van der Waals surface area contributed by atoms with Gasteiger partial charge in [0.2, 0.25) is 5.91 Å². The topological polar surface area (TPSA) is 42.0 Å². The molecule has 1 amide bonds. The summed E-state index contributed by atoms with van der Waals surface area (Å²) in [6.45, 7) is 0.533. The number of hydrogen-bond donors (Lipinski definition) is 1. The molecule has 1 aromatic carbocycles. The third-order valence-electron chi connectivity index (χ3n) is 3.43. The Kier molecular flexibility index (Phi) is 6.04. The fraction of sp³-hybridized carbons (Fsp3) is 0.158. The van der Waals surface area contributed by atoms with Crippen molar-refractivity contribution in [1.82, 2.24) is 10.3 Å². The van der Waals surface area contributed by atoms with Crippen molar-refractivity contribution in [3.05, 3.63) is 77.3 Å². The summed E-state index contributed by atoms with van der Waals surface area (Å²) in [5.74, 6) is 1.38. The number of carbonyl (C=O) groups excluding carboxylic acids is 1. The molecule has 3 aromatic rings. The molecule has 1 N–H and O–H groups in total. The predicted octanol–water partition coefficient (Wildman–Crippen LogP) is 4.36. The van der Waals surface area contributed by atoms with Gasteiger partial charge in [-0.1, -0.05) is 36.4 Å². The summed E-state index contributed by atoms with van der Waals surface area (Å²) in [5.41, 5.74) is 3.26. The SMILES string of the molecule is O=C(CSCc1ccccc1)NCc1ccnc(-c2cccs2)c1. The first-order chi connectivity index (χ1) is 11.8. The van der Waals surface area contributed by atoms with E-state index >= 15 is 0 Å². The lowest BCUT2D eigenvalue weighted by Gasteiger charge is -2.06. The molecule has 0 atom stereocenters. The summed E-state index contributed by atoms with van der Waals surface area (Å²) >= 11 is 3.29. The van der Waals surface area contributed by atoms with Crippen LogP contribution in [0.25, 0.3) is 10.6 Å². The fourth-order valence-corrected chi connectivity index (χ4v) is 3.74. The molecule has 0 fully saturated rings. The smallest absolute Gasteiger partial charge is 0.230 e. The third kappa shape index (κ3) is 4.94. The number of carbonyl (C=O) groups is 1. The van der Waals surface area contributed by atoms with Crippen LogP contribution in [-0.4, -0.2) is 16.6 Å². The first-order valence-electron chi connectivity index (χ1n) is 7.68. The minimum Gasteiger partial charge on any atom is -0.351 e. The van der Waals surface area contributed by atoms with Crippen molar-refractivity contribution in [1.29, 1.82) is 0 Å². The molecule has 0 aliphatic carbocycles. The Bertz CT molecular complexity index is 773. The van der Waals surface area contributed by atoms with Gasteiger partial charge in [-0.25, -0.2) is 0 Å². The summed E-state index contributed by atoms with van der Waals surface area (Å²) in [6, 6.07) is 18.2. The molecule has 3 nitrogen and oxygen atoms in total. The van der Waals surface area contributed by atoms with E-state index in [0.29, 0.717) is 12.3 Å². The molecule has 0 saturated heterocycles. The number of pyridine rings is 1. The van der Waals surface area contributed by atoms with E-state index in [4.69, 9.17) is 0 Å². The van der Waals surface area contributed by atoms with Crippen LogP contribution in [0.3, 0.4) is 0 Å². The number of thioether (sulfide) groups is 1. The van der Waals surface area contributed by atoms with Gasteiger partial charge in [0.25, 0.3) is 0 Å². The number of hydrogen-bond acceptors (Lipinski definition) is 4. The van der Waals surface area contributed by atoms with Crippen molar-refractivity contribution in [3.8, 4) is 10.6 Å². The molecule has 122 valence electrons. The molecule has 2 heterocycles. The molecule has 2 aromatic heterocycles. The second-order valence-corrected chi connectivity index (χ2v) is 7.22. The van der Waals surface area contributed by atoms with Gasteiger partial charge in [-0.3, -0.25) is 9.78 Å². The monoisotopic (exact) mass is 354 g/mol. The van der Waals surface area contributed by atoms with Gasteiger partial charge in [0.1, 0.15) is 0 Å². The van der Waals surface area contributed by atoms with E-state index in [0.717, 1.165) is 21.9 Å². The molecule has 0 unspecified atom stereocenters. The van der Waals surface area contributed by atoms with E-state index in [9.17, 15) is 4.79 Å². The van der Waals surface area contributed by atoms with Gasteiger partial charge in [0, 0.05) is 18.5 Å². The summed E-state index contributed by atoms with van der Waals surface area (Å²) < 4.78 is 0. The molecule has 0 aliphatic heterocycles. The molecule has 5 heteroatoms. The maximum Gasteiger partial charge on any atom is 0.230 e. The summed E-state index contributed by atoms with van der Waals surface area (Å²) in [5, 5.41) is 5.01. The average molecular weight is 355 g/mol. The Morgan fingerprint density at radius 3 is 2.75 bits per heavy atom. The number of benzene rings is 1. The molecule has 0 spiro atoms. The summed E-state index contributed by atoms with van der Waals surface area (Å²) in [4.78, 5) is 17.5. The van der Waals surface area contributed by atoms with E-state index < -0.39 is 0 Å². The van der Waals surface area contributed by atoms with Gasteiger partial charge in [-0.05, 0) is 34.7 Å². The number of nitrogens with zero attached hydrogens (tertiary/aromatic N) is 1. The Morgan fingerprint density at radius 1 is 1.08 bits per heavy atom. The quantitative estimate of drug-likeness (QED) is 0.685. The lowest BCUT2D eigenvalue weighted by molar-refractivity contribution is -0.118. The number of nitrogens with one attached hydrogen (secondary N) is 1. The van der Waals surface area contributed by atoms with Crippen LogP contribution in [0.1, 0.15) is 11.1 Å². The van der Waals surface area contributed by atoms with Crippen LogP contribution in [0.15, 0.2) is 66.2 Å². The van der Waals surface area contributed by atoms with Gasteiger partial charge in [0.15, 0.2) is 0 Å². The van der Waals surface area contributed by atoms with Gasteiger partial charge >= 0.3 is 0 Å². The van der Waals surface area contributed by atoms with Crippen LogP contribution in [0.4, 0.5) is 0 Å². The minimum atomic E-state index is 0.0606. The van der Waals surface area contributed by atoms with Crippen molar-refractivity contribution < 1.29 is 4.79 Å². The maximum absolute atomic E-state index is 12.0. The van der Waals surface area contributed by atoms with E-state index in [2.05, 4.69) is 28.5 Å². The Balaban J connectivity index is 1.45. The summed E-state index contributed by atoms with van der Waals surface area (Å²) in [7, 11) is 0. The van der Waals surface area contributed by atoms with Crippen molar-refractivity contribution >= 4 is 29.0 Å². The maximum atomic E-state index is 12.0. The minimum absolute atomic E-state index is 0.0606. The number of thiophene rings is 1. The number of aromatic nitrogens is 1. The molecule has 0 bridgehead atoms. The van der Waals surface area contributed by atoms with Crippen LogP contribution in [0.2, 0.25) is 0 Å². The second-order valence-electron chi connectivity index (χ2n) is 5.28. The van der Waals surface area contributed by atoms with Crippen LogP contribution >= 0.6 is 23.1 Å². The Labute approximate surface area is 150 Å². The summed E-state index contributed by atoms with van der Waals surface area (Å²) in [6.07, 6.45) is 1.79. The molecule has 0 radical (unpaired) electrons. The predicted molar refractivity (Wildman–Crippen MR) is 102 cm³/mol.